The van der Waals surface area contributed by atoms with Gasteiger partial charge in [0.25, 0.3) is 11.8 Å². The Labute approximate surface area is 192 Å². The Morgan fingerprint density at radius 2 is 1.62 bits per heavy atom. The number of rotatable bonds is 4. The average Bonchev–Trinajstić information content (AvgIpc) is 3.01. The number of imide groups is 1. The van der Waals surface area contributed by atoms with Gasteiger partial charge in [0, 0.05) is 43.8 Å². The van der Waals surface area contributed by atoms with Crippen LogP contribution in [0.4, 0.5) is 11.4 Å². The number of nitrogens with one attached hydrogen (secondary N) is 1. The number of piperazine rings is 1. The summed E-state index contributed by atoms with van der Waals surface area (Å²) in [5.41, 5.74) is 3.32. The second-order valence-electron chi connectivity index (χ2n) is 8.15. The highest BCUT2D eigenvalue weighted by Crippen LogP contribution is 2.37. The Morgan fingerprint density at radius 1 is 0.969 bits per heavy atom. The predicted molar refractivity (Wildman–Crippen MR) is 125 cm³/mol. The van der Waals surface area contributed by atoms with Crippen LogP contribution in [0.3, 0.4) is 0 Å². The van der Waals surface area contributed by atoms with E-state index < -0.39 is 0 Å². The standard InChI is InChI=1S/C24H25ClN4O3/c1-15-4-7-18(25)14-20(15)29-23(31)21(17-5-8-19(9-6-17)26-16(2)30)22(24(29)32)28-12-10-27(3)11-13-28/h4-9,14H,10-13H2,1-3H3,(H,26,30). The topological polar surface area (TPSA) is 73.0 Å². The molecular formula is C24H25ClN4O3. The first-order valence-electron chi connectivity index (χ1n) is 10.5. The van der Waals surface area contributed by atoms with E-state index >= 15 is 0 Å². The highest BCUT2D eigenvalue weighted by Gasteiger charge is 2.43. The van der Waals surface area contributed by atoms with Crippen molar-refractivity contribution in [1.82, 2.24) is 9.80 Å². The lowest BCUT2D eigenvalue weighted by Crippen LogP contribution is -2.46. The minimum absolute atomic E-state index is 0.176. The molecule has 0 saturated carbocycles. The van der Waals surface area contributed by atoms with Crippen molar-refractivity contribution in [3.8, 4) is 0 Å². The third-order valence-electron chi connectivity index (χ3n) is 5.78. The predicted octanol–water partition coefficient (Wildman–Crippen LogP) is 3.14. The molecule has 0 spiro atoms. The molecule has 32 heavy (non-hydrogen) atoms. The first-order chi connectivity index (χ1) is 15.3. The van der Waals surface area contributed by atoms with Crippen molar-refractivity contribution in [2.24, 2.45) is 0 Å². The number of carbonyl (C=O) groups excluding carboxylic acids is 3. The molecule has 3 amide bonds. The van der Waals surface area contributed by atoms with Gasteiger partial charge in [0.2, 0.25) is 5.91 Å². The summed E-state index contributed by atoms with van der Waals surface area (Å²) in [6.45, 7) is 6.20. The molecule has 0 aromatic heterocycles. The molecule has 1 saturated heterocycles. The fourth-order valence-electron chi connectivity index (χ4n) is 4.07. The fourth-order valence-corrected chi connectivity index (χ4v) is 4.23. The van der Waals surface area contributed by atoms with Gasteiger partial charge in [-0.3, -0.25) is 14.4 Å². The molecule has 7 nitrogen and oxygen atoms in total. The molecule has 0 radical (unpaired) electrons. The Morgan fingerprint density at radius 3 is 2.25 bits per heavy atom. The number of hydrogen-bond acceptors (Lipinski definition) is 5. The zero-order valence-corrected chi connectivity index (χ0v) is 19.1. The quantitative estimate of drug-likeness (QED) is 0.721. The van der Waals surface area contributed by atoms with E-state index in [2.05, 4.69) is 10.2 Å². The number of carbonyl (C=O) groups is 3. The average molecular weight is 453 g/mol. The Hall–Kier alpha value is -3.16. The molecule has 1 N–H and O–H groups in total. The minimum atomic E-state index is -0.374. The van der Waals surface area contributed by atoms with Crippen LogP contribution in [0.15, 0.2) is 48.2 Å². The molecule has 0 unspecified atom stereocenters. The van der Waals surface area contributed by atoms with Gasteiger partial charge in [0.1, 0.15) is 5.70 Å². The number of amides is 3. The third kappa shape index (κ3) is 4.13. The van der Waals surface area contributed by atoms with Crippen LogP contribution in [0.2, 0.25) is 5.02 Å². The Balaban J connectivity index is 1.79. The van der Waals surface area contributed by atoms with Crippen molar-refractivity contribution < 1.29 is 14.4 Å². The number of anilines is 2. The van der Waals surface area contributed by atoms with E-state index in [4.69, 9.17) is 11.6 Å². The summed E-state index contributed by atoms with van der Waals surface area (Å²) in [5.74, 6) is -0.891. The first kappa shape index (κ1) is 22.0. The summed E-state index contributed by atoms with van der Waals surface area (Å²) in [5, 5.41) is 3.18. The van der Waals surface area contributed by atoms with Gasteiger partial charge in [-0.25, -0.2) is 4.90 Å². The summed E-state index contributed by atoms with van der Waals surface area (Å²) < 4.78 is 0. The van der Waals surface area contributed by atoms with E-state index in [-0.39, 0.29) is 17.7 Å². The van der Waals surface area contributed by atoms with E-state index in [1.165, 1.54) is 11.8 Å². The summed E-state index contributed by atoms with van der Waals surface area (Å²) in [7, 11) is 2.04. The second kappa shape index (κ2) is 8.76. The SMILES string of the molecule is CC(=O)Nc1ccc(C2=C(N3CCN(C)CC3)C(=O)N(c3cc(Cl)ccc3C)C2=O)cc1. The van der Waals surface area contributed by atoms with Crippen LogP contribution in [0, 0.1) is 6.92 Å². The largest absolute Gasteiger partial charge is 0.364 e. The van der Waals surface area contributed by atoms with Gasteiger partial charge in [-0.2, -0.15) is 0 Å². The van der Waals surface area contributed by atoms with E-state index in [1.54, 1.807) is 42.5 Å². The van der Waals surface area contributed by atoms with Gasteiger partial charge < -0.3 is 15.1 Å². The molecule has 8 heteroatoms. The number of aryl methyl sites for hydroxylation is 1. The summed E-state index contributed by atoms with van der Waals surface area (Å²) in [6.07, 6.45) is 0. The molecule has 4 rings (SSSR count). The van der Waals surface area contributed by atoms with Crippen LogP contribution < -0.4 is 10.2 Å². The molecule has 166 valence electrons. The van der Waals surface area contributed by atoms with Crippen molar-refractivity contribution in [2.45, 2.75) is 13.8 Å². The normalized spacial score (nSPS) is 17.4. The highest BCUT2D eigenvalue weighted by molar-refractivity contribution is 6.45. The van der Waals surface area contributed by atoms with E-state index in [9.17, 15) is 14.4 Å². The zero-order chi connectivity index (χ0) is 23.0. The third-order valence-corrected chi connectivity index (χ3v) is 6.02. The molecule has 0 aliphatic carbocycles. The molecule has 2 aromatic carbocycles. The summed E-state index contributed by atoms with van der Waals surface area (Å²) in [4.78, 5) is 44.1. The maximum Gasteiger partial charge on any atom is 0.282 e. The van der Waals surface area contributed by atoms with Gasteiger partial charge in [0.15, 0.2) is 0 Å². The zero-order valence-electron chi connectivity index (χ0n) is 18.3. The van der Waals surface area contributed by atoms with Gasteiger partial charge >= 0.3 is 0 Å². The summed E-state index contributed by atoms with van der Waals surface area (Å²) in [6, 6.07) is 12.2. The molecule has 2 heterocycles. The molecule has 2 aliphatic rings. The smallest absolute Gasteiger partial charge is 0.282 e. The number of likely N-dealkylation sites (N-methyl/N-ethyl adjacent to an activating group) is 1. The Kier molecular flexibility index (Phi) is 6.04. The lowest BCUT2D eigenvalue weighted by atomic mass is 10.0. The Bertz CT molecular complexity index is 1120. The van der Waals surface area contributed by atoms with Crippen molar-refractivity contribution >= 4 is 46.3 Å². The van der Waals surface area contributed by atoms with E-state index in [1.807, 2.05) is 18.9 Å². The van der Waals surface area contributed by atoms with Crippen molar-refractivity contribution in [1.29, 1.82) is 0 Å². The van der Waals surface area contributed by atoms with Gasteiger partial charge in [-0.1, -0.05) is 29.8 Å². The monoisotopic (exact) mass is 452 g/mol. The molecule has 2 aromatic rings. The van der Waals surface area contributed by atoms with Crippen LogP contribution in [0.25, 0.3) is 5.57 Å². The van der Waals surface area contributed by atoms with E-state index in [0.29, 0.717) is 46.3 Å². The van der Waals surface area contributed by atoms with Gasteiger partial charge in [-0.15, -0.1) is 0 Å². The minimum Gasteiger partial charge on any atom is -0.364 e. The van der Waals surface area contributed by atoms with Crippen LogP contribution in [0.1, 0.15) is 18.1 Å². The lowest BCUT2D eigenvalue weighted by Gasteiger charge is -2.34. The second-order valence-corrected chi connectivity index (χ2v) is 8.59. The molecule has 2 aliphatic heterocycles. The van der Waals surface area contributed by atoms with Crippen LogP contribution in [-0.2, 0) is 14.4 Å². The maximum absolute atomic E-state index is 13.7. The number of benzene rings is 2. The number of hydrogen-bond donors (Lipinski definition) is 1. The van der Waals surface area contributed by atoms with Crippen LogP contribution in [-0.4, -0.2) is 60.7 Å². The number of halogens is 1. The highest BCUT2D eigenvalue weighted by atomic mass is 35.5. The number of nitrogens with zero attached hydrogens (tertiary/aromatic N) is 3. The van der Waals surface area contributed by atoms with Crippen LogP contribution in [0.5, 0.6) is 0 Å². The van der Waals surface area contributed by atoms with Crippen molar-refractivity contribution in [2.75, 3.05) is 43.4 Å². The molecule has 0 atom stereocenters. The van der Waals surface area contributed by atoms with Crippen LogP contribution >= 0.6 is 11.6 Å². The van der Waals surface area contributed by atoms with Gasteiger partial charge in [0.05, 0.1) is 11.3 Å². The first-order valence-corrected chi connectivity index (χ1v) is 10.8. The molecular weight excluding hydrogens is 428 g/mol. The van der Waals surface area contributed by atoms with Crippen molar-refractivity contribution in [3.63, 3.8) is 0 Å². The van der Waals surface area contributed by atoms with Gasteiger partial charge in [-0.05, 0) is 49.4 Å². The molecule has 1 fully saturated rings. The maximum atomic E-state index is 13.7. The lowest BCUT2D eigenvalue weighted by molar-refractivity contribution is -0.121. The van der Waals surface area contributed by atoms with E-state index in [0.717, 1.165) is 18.7 Å². The van der Waals surface area contributed by atoms with Crippen molar-refractivity contribution in [3.05, 3.63) is 64.3 Å². The fraction of sp³-hybridized carbons (Fsp3) is 0.292. The molecule has 0 bridgehead atoms. The summed E-state index contributed by atoms with van der Waals surface area (Å²) >= 11 is 6.19.